The molecule has 0 spiro atoms. The van der Waals surface area contributed by atoms with Crippen molar-refractivity contribution in [2.75, 3.05) is 70.8 Å². The van der Waals surface area contributed by atoms with Crippen molar-refractivity contribution in [3.8, 4) is 23.0 Å². The van der Waals surface area contributed by atoms with Gasteiger partial charge in [-0.15, -0.1) is 13.2 Å². The number of carbonyl (C=O) groups is 1. The van der Waals surface area contributed by atoms with Crippen LogP contribution in [-0.4, -0.2) is 97.9 Å². The summed E-state index contributed by atoms with van der Waals surface area (Å²) in [6.07, 6.45) is -4.23. The first-order valence-corrected chi connectivity index (χ1v) is 13.8. The van der Waals surface area contributed by atoms with Crippen molar-refractivity contribution < 1.29 is 42.0 Å². The first-order chi connectivity index (χ1) is 21.1. The predicted octanol–water partition coefficient (Wildman–Crippen LogP) is 4.84. The van der Waals surface area contributed by atoms with Crippen LogP contribution in [0.1, 0.15) is 12.0 Å². The molecule has 4 rings (SSSR count). The van der Waals surface area contributed by atoms with Crippen LogP contribution in [0.3, 0.4) is 0 Å². The van der Waals surface area contributed by atoms with E-state index in [0.717, 1.165) is 50.1 Å². The molecule has 0 unspecified atom stereocenters. The first kappa shape index (κ1) is 32.4. The number of nitrogens with one attached hydrogen (secondary N) is 1. The molecule has 2 aromatic carbocycles. The molecule has 1 saturated heterocycles. The zero-order valence-corrected chi connectivity index (χ0v) is 24.6. The number of aromatic nitrogens is 2. The smallest absolute Gasteiger partial charge is 0.493 e. The van der Waals surface area contributed by atoms with E-state index in [2.05, 4.69) is 36.9 Å². The van der Waals surface area contributed by atoms with Gasteiger partial charge in [0.15, 0.2) is 11.5 Å². The lowest BCUT2D eigenvalue weighted by molar-refractivity contribution is -0.274. The third-order valence-electron chi connectivity index (χ3n) is 6.85. The quantitative estimate of drug-likeness (QED) is 0.256. The first-order valence-electron chi connectivity index (χ1n) is 13.8. The number of para-hydroxylation sites is 1. The monoisotopic (exact) mass is 620 g/mol. The highest BCUT2D eigenvalue weighted by Crippen LogP contribution is 2.41. The molecule has 0 atom stereocenters. The molecule has 0 radical (unpaired) electrons. The number of benzene rings is 2. The fraction of sp³-hybridized carbons (Fsp3) is 0.414. The Morgan fingerprint density at radius 1 is 1.05 bits per heavy atom. The summed E-state index contributed by atoms with van der Waals surface area (Å²) in [4.78, 5) is 26.0. The molecular weight excluding hydrogens is 585 g/mol. The number of carboxylic acid groups (broad SMARTS) is 1. The van der Waals surface area contributed by atoms with E-state index in [4.69, 9.17) is 14.2 Å². The van der Waals surface area contributed by atoms with Crippen molar-refractivity contribution >= 4 is 23.5 Å². The molecule has 44 heavy (non-hydrogen) atoms. The van der Waals surface area contributed by atoms with Crippen LogP contribution in [0.25, 0.3) is 0 Å². The third-order valence-corrected chi connectivity index (χ3v) is 6.85. The summed E-state index contributed by atoms with van der Waals surface area (Å²) in [5, 5.41) is 12.9. The summed E-state index contributed by atoms with van der Waals surface area (Å²) in [6.45, 7) is 5.05. The number of hydrogen-bond donors (Lipinski definition) is 2. The fourth-order valence-corrected chi connectivity index (χ4v) is 4.59. The number of hydrogen-bond acceptors (Lipinski definition) is 10. The van der Waals surface area contributed by atoms with Crippen LogP contribution < -0.4 is 29.2 Å². The van der Waals surface area contributed by atoms with E-state index < -0.39 is 24.7 Å². The molecule has 1 aromatic heterocycles. The summed E-state index contributed by atoms with van der Waals surface area (Å²) < 4.78 is 59.9. The molecule has 0 bridgehead atoms. The largest absolute Gasteiger partial charge is 0.573 e. The topological polar surface area (TPSA) is 122 Å². The second-order valence-electron chi connectivity index (χ2n) is 9.94. The van der Waals surface area contributed by atoms with Gasteiger partial charge in [-0.05, 0) is 25.6 Å². The van der Waals surface area contributed by atoms with Crippen molar-refractivity contribution in [1.29, 1.82) is 0 Å². The van der Waals surface area contributed by atoms with Crippen LogP contribution >= 0.6 is 0 Å². The molecule has 3 aromatic rings. The van der Waals surface area contributed by atoms with Crippen LogP contribution in [0.5, 0.6) is 23.0 Å². The van der Waals surface area contributed by atoms with E-state index in [0.29, 0.717) is 29.5 Å². The Morgan fingerprint density at radius 3 is 2.36 bits per heavy atom. The van der Waals surface area contributed by atoms with Gasteiger partial charge in [0.1, 0.15) is 11.6 Å². The highest BCUT2D eigenvalue weighted by Gasteiger charge is 2.32. The highest BCUT2D eigenvalue weighted by atomic mass is 19.4. The second kappa shape index (κ2) is 14.8. The van der Waals surface area contributed by atoms with Gasteiger partial charge in [-0.25, -0.2) is 9.78 Å². The number of amides is 1. The van der Waals surface area contributed by atoms with E-state index in [-0.39, 0.29) is 17.3 Å². The SMILES string of the molecule is COc1cc(Nc2nccc(N(Cc3ccccc3OC(F)(F)F)C(=O)O)n2)cc(OC)c1OCCCN1CCN(C)CC1. The minimum absolute atomic E-state index is 0.00561. The maximum absolute atomic E-state index is 12.9. The predicted molar refractivity (Wildman–Crippen MR) is 156 cm³/mol. The van der Waals surface area contributed by atoms with Crippen LogP contribution in [0.2, 0.25) is 0 Å². The second-order valence-corrected chi connectivity index (χ2v) is 9.94. The minimum Gasteiger partial charge on any atom is -0.493 e. The van der Waals surface area contributed by atoms with Crippen LogP contribution in [0.15, 0.2) is 48.7 Å². The Hall–Kier alpha value is -4.50. The normalized spacial score (nSPS) is 14.1. The van der Waals surface area contributed by atoms with E-state index in [9.17, 15) is 23.1 Å². The number of halogens is 3. The van der Waals surface area contributed by atoms with Gasteiger partial charge < -0.3 is 39.2 Å². The number of rotatable bonds is 13. The Bertz CT molecular complexity index is 1380. The number of methoxy groups -OCH3 is 2. The van der Waals surface area contributed by atoms with Crippen LogP contribution in [0, 0.1) is 0 Å². The number of alkyl halides is 3. The van der Waals surface area contributed by atoms with Gasteiger partial charge in [0.2, 0.25) is 11.7 Å². The average Bonchev–Trinajstić information content (AvgIpc) is 2.99. The van der Waals surface area contributed by atoms with Crippen LogP contribution in [-0.2, 0) is 6.54 Å². The standard InChI is InChI=1S/C29H35F3N6O6/c1-36-12-14-37(15-13-36)11-6-16-43-26-23(41-2)17-21(18-24(26)42-3)34-27-33-10-9-25(35-27)38(28(39)40)19-20-7-4-5-8-22(20)44-29(30,31)32/h4-5,7-10,17-18H,6,11-16,19H2,1-3H3,(H,39,40)(H,33,34,35). The van der Waals surface area contributed by atoms with Gasteiger partial charge in [-0.3, -0.25) is 4.90 Å². The van der Waals surface area contributed by atoms with Gasteiger partial charge in [-0.1, -0.05) is 18.2 Å². The molecule has 0 aliphatic carbocycles. The molecule has 12 nitrogen and oxygen atoms in total. The van der Waals surface area contributed by atoms with Gasteiger partial charge in [0.05, 0.1) is 27.4 Å². The fourth-order valence-electron chi connectivity index (χ4n) is 4.59. The molecule has 0 saturated carbocycles. The van der Waals surface area contributed by atoms with Gasteiger partial charge >= 0.3 is 12.5 Å². The summed E-state index contributed by atoms with van der Waals surface area (Å²) >= 11 is 0. The Kier molecular flexibility index (Phi) is 10.9. The summed E-state index contributed by atoms with van der Waals surface area (Å²) in [7, 11) is 5.11. The summed E-state index contributed by atoms with van der Waals surface area (Å²) in [6, 6.07) is 9.93. The van der Waals surface area contributed by atoms with E-state index in [1.165, 1.54) is 44.7 Å². The summed E-state index contributed by atoms with van der Waals surface area (Å²) in [5.41, 5.74) is 0.459. The number of likely N-dealkylation sites (N-methyl/N-ethyl adjacent to an activating group) is 1. The highest BCUT2D eigenvalue weighted by molar-refractivity contribution is 5.85. The molecule has 2 N–H and O–H groups in total. The molecule has 2 heterocycles. The van der Waals surface area contributed by atoms with Crippen molar-refractivity contribution in [2.45, 2.75) is 19.3 Å². The molecule has 15 heteroatoms. The number of anilines is 3. The van der Waals surface area contributed by atoms with Crippen LogP contribution in [0.4, 0.5) is 35.4 Å². The Labute approximate surface area is 252 Å². The van der Waals surface area contributed by atoms with Gasteiger partial charge in [0.25, 0.3) is 0 Å². The number of ether oxygens (including phenoxy) is 4. The summed E-state index contributed by atoms with van der Waals surface area (Å²) in [5.74, 6) is 0.673. The third kappa shape index (κ3) is 9.00. The molecule has 1 aliphatic heterocycles. The van der Waals surface area contributed by atoms with Gasteiger partial charge in [0, 0.05) is 62.3 Å². The van der Waals surface area contributed by atoms with Crippen molar-refractivity contribution in [3.05, 3.63) is 54.2 Å². The van der Waals surface area contributed by atoms with Gasteiger partial charge in [-0.2, -0.15) is 4.98 Å². The van der Waals surface area contributed by atoms with Crippen molar-refractivity contribution in [1.82, 2.24) is 19.8 Å². The molecular formula is C29H35F3N6O6. The van der Waals surface area contributed by atoms with E-state index in [1.807, 2.05) is 0 Å². The van der Waals surface area contributed by atoms with Crippen molar-refractivity contribution in [2.24, 2.45) is 0 Å². The minimum atomic E-state index is -4.94. The lowest BCUT2D eigenvalue weighted by Crippen LogP contribution is -2.44. The number of piperazine rings is 1. The lowest BCUT2D eigenvalue weighted by Gasteiger charge is -2.32. The van der Waals surface area contributed by atoms with E-state index in [1.54, 1.807) is 12.1 Å². The molecule has 1 fully saturated rings. The molecule has 1 amide bonds. The average molecular weight is 621 g/mol. The molecule has 1 aliphatic rings. The Morgan fingerprint density at radius 2 is 1.73 bits per heavy atom. The van der Waals surface area contributed by atoms with Crippen molar-refractivity contribution in [3.63, 3.8) is 0 Å². The zero-order chi connectivity index (χ0) is 31.7. The maximum Gasteiger partial charge on any atom is 0.573 e. The number of nitrogens with zero attached hydrogens (tertiary/aromatic N) is 5. The van der Waals surface area contributed by atoms with E-state index >= 15 is 0 Å². The maximum atomic E-state index is 12.9. The molecule has 238 valence electrons. The lowest BCUT2D eigenvalue weighted by atomic mass is 10.2. The Balaban J connectivity index is 1.47. The zero-order valence-electron chi connectivity index (χ0n) is 24.6.